The lowest BCUT2D eigenvalue weighted by molar-refractivity contribution is 0.471. The third kappa shape index (κ3) is 1.90. The number of halogens is 2. The van der Waals surface area contributed by atoms with E-state index in [0.29, 0.717) is 15.4 Å². The van der Waals surface area contributed by atoms with Crippen LogP contribution in [0.2, 0.25) is 5.02 Å². The molecule has 76 valence electrons. The number of rotatable bonds is 2. The van der Waals surface area contributed by atoms with Crippen LogP contribution in [0.5, 0.6) is 5.75 Å². The van der Waals surface area contributed by atoms with Crippen molar-refractivity contribution >= 4 is 27.5 Å². The molecule has 0 amide bonds. The molecule has 1 aromatic rings. The minimum Gasteiger partial charge on any atom is -0.507 e. The summed E-state index contributed by atoms with van der Waals surface area (Å²) in [6.07, 6.45) is 2.35. The molecule has 1 saturated carbocycles. The lowest BCUT2D eigenvalue weighted by Gasteiger charge is -2.13. The molecule has 1 atom stereocenters. The quantitative estimate of drug-likeness (QED) is 0.871. The Morgan fingerprint density at radius 2 is 2.14 bits per heavy atom. The standard InChI is InChI=1S/C10H11BrClNO/c11-7-3-6(8(12)4-9(7)14)10(13)5-1-2-5/h3-5,10,14H,1-2,13H2. The van der Waals surface area contributed by atoms with E-state index in [9.17, 15) is 5.11 Å². The van der Waals surface area contributed by atoms with Gasteiger partial charge in [-0.2, -0.15) is 0 Å². The van der Waals surface area contributed by atoms with Crippen LogP contribution in [0.25, 0.3) is 0 Å². The molecule has 1 fully saturated rings. The number of hydrogen-bond donors (Lipinski definition) is 2. The van der Waals surface area contributed by atoms with Crippen LogP contribution in [-0.4, -0.2) is 5.11 Å². The summed E-state index contributed by atoms with van der Waals surface area (Å²) in [6.45, 7) is 0. The minimum absolute atomic E-state index is 0.000556. The van der Waals surface area contributed by atoms with Crippen molar-refractivity contribution in [1.29, 1.82) is 0 Å². The van der Waals surface area contributed by atoms with Crippen LogP contribution in [0.15, 0.2) is 16.6 Å². The lowest BCUT2D eigenvalue weighted by atomic mass is 10.0. The SMILES string of the molecule is NC(c1cc(Br)c(O)cc1Cl)C1CC1. The molecule has 4 heteroatoms. The zero-order chi connectivity index (χ0) is 10.3. The number of hydrogen-bond acceptors (Lipinski definition) is 2. The second kappa shape index (κ2) is 3.72. The molecule has 0 aromatic heterocycles. The van der Waals surface area contributed by atoms with E-state index in [1.165, 1.54) is 18.9 Å². The van der Waals surface area contributed by atoms with Gasteiger partial charge in [0.25, 0.3) is 0 Å². The van der Waals surface area contributed by atoms with Gasteiger partial charge in [0.1, 0.15) is 5.75 Å². The lowest BCUT2D eigenvalue weighted by Crippen LogP contribution is -2.12. The first-order valence-corrected chi connectivity index (χ1v) is 5.70. The molecule has 1 aliphatic carbocycles. The third-order valence-corrected chi connectivity index (χ3v) is 3.52. The number of phenols is 1. The Hall–Kier alpha value is -0.250. The van der Waals surface area contributed by atoms with Gasteiger partial charge in [0.05, 0.1) is 4.47 Å². The van der Waals surface area contributed by atoms with Crippen LogP contribution >= 0.6 is 27.5 Å². The maximum Gasteiger partial charge on any atom is 0.131 e. The molecule has 1 aliphatic rings. The topological polar surface area (TPSA) is 46.2 Å². The van der Waals surface area contributed by atoms with E-state index in [1.54, 1.807) is 6.07 Å². The average molecular weight is 277 g/mol. The highest BCUT2D eigenvalue weighted by molar-refractivity contribution is 9.10. The molecular formula is C10H11BrClNO. The second-order valence-electron chi connectivity index (χ2n) is 3.69. The van der Waals surface area contributed by atoms with Gasteiger partial charge in [0.2, 0.25) is 0 Å². The van der Waals surface area contributed by atoms with Crippen LogP contribution in [0, 0.1) is 5.92 Å². The van der Waals surface area contributed by atoms with Gasteiger partial charge >= 0.3 is 0 Å². The maximum atomic E-state index is 9.39. The first kappa shape index (κ1) is 10.3. The molecule has 0 saturated heterocycles. The maximum absolute atomic E-state index is 9.39. The fourth-order valence-electron chi connectivity index (χ4n) is 1.52. The molecular weight excluding hydrogens is 265 g/mol. The van der Waals surface area contributed by atoms with E-state index in [4.69, 9.17) is 17.3 Å². The van der Waals surface area contributed by atoms with Crippen molar-refractivity contribution in [2.24, 2.45) is 11.7 Å². The summed E-state index contributed by atoms with van der Waals surface area (Å²) >= 11 is 9.26. The third-order valence-electron chi connectivity index (χ3n) is 2.56. The molecule has 0 radical (unpaired) electrons. The fourth-order valence-corrected chi connectivity index (χ4v) is 2.16. The fraction of sp³-hybridized carbons (Fsp3) is 0.400. The summed E-state index contributed by atoms with van der Waals surface area (Å²) in [5, 5.41) is 9.93. The van der Waals surface area contributed by atoms with Gasteiger partial charge in [-0.1, -0.05) is 11.6 Å². The van der Waals surface area contributed by atoms with Gasteiger partial charge in [0, 0.05) is 11.1 Å². The summed E-state index contributed by atoms with van der Waals surface area (Å²) in [5.41, 5.74) is 6.95. The van der Waals surface area contributed by atoms with Crippen molar-refractivity contribution in [3.8, 4) is 5.75 Å². The van der Waals surface area contributed by atoms with Gasteiger partial charge in [-0.3, -0.25) is 0 Å². The van der Waals surface area contributed by atoms with Crippen LogP contribution < -0.4 is 5.73 Å². The predicted octanol–water partition coefficient (Wildman–Crippen LogP) is 3.22. The highest BCUT2D eigenvalue weighted by Gasteiger charge is 2.31. The van der Waals surface area contributed by atoms with E-state index >= 15 is 0 Å². The zero-order valence-electron chi connectivity index (χ0n) is 7.50. The van der Waals surface area contributed by atoms with E-state index in [-0.39, 0.29) is 11.8 Å². The molecule has 0 aliphatic heterocycles. The number of nitrogens with two attached hydrogens (primary N) is 1. The summed E-state index contributed by atoms with van der Waals surface area (Å²) in [4.78, 5) is 0. The predicted molar refractivity (Wildman–Crippen MR) is 60.5 cm³/mol. The zero-order valence-corrected chi connectivity index (χ0v) is 9.85. The molecule has 14 heavy (non-hydrogen) atoms. The van der Waals surface area contributed by atoms with Gasteiger partial charge < -0.3 is 10.8 Å². The van der Waals surface area contributed by atoms with Crippen LogP contribution in [0.1, 0.15) is 24.4 Å². The van der Waals surface area contributed by atoms with Gasteiger partial charge in [-0.05, 0) is 52.4 Å². The minimum atomic E-state index is -0.000556. The average Bonchev–Trinajstić information content (AvgIpc) is 2.93. The molecule has 3 N–H and O–H groups in total. The Labute approximate surface area is 96.2 Å². The van der Waals surface area contributed by atoms with Crippen molar-refractivity contribution in [1.82, 2.24) is 0 Å². The van der Waals surface area contributed by atoms with Crippen LogP contribution in [-0.2, 0) is 0 Å². The smallest absolute Gasteiger partial charge is 0.131 e. The van der Waals surface area contributed by atoms with Crippen molar-refractivity contribution in [3.05, 3.63) is 27.2 Å². The highest BCUT2D eigenvalue weighted by atomic mass is 79.9. The summed E-state index contributed by atoms with van der Waals surface area (Å²) in [5.74, 6) is 0.714. The van der Waals surface area contributed by atoms with Crippen molar-refractivity contribution in [2.45, 2.75) is 18.9 Å². The Morgan fingerprint density at radius 1 is 1.50 bits per heavy atom. The van der Waals surface area contributed by atoms with Crippen molar-refractivity contribution in [2.75, 3.05) is 0 Å². The Bertz CT molecular complexity index is 365. The van der Waals surface area contributed by atoms with Gasteiger partial charge in [-0.15, -0.1) is 0 Å². The second-order valence-corrected chi connectivity index (χ2v) is 4.95. The highest BCUT2D eigenvalue weighted by Crippen LogP contribution is 2.43. The molecule has 0 spiro atoms. The van der Waals surface area contributed by atoms with Crippen LogP contribution in [0.4, 0.5) is 0 Å². The van der Waals surface area contributed by atoms with E-state index in [2.05, 4.69) is 15.9 Å². The summed E-state index contributed by atoms with van der Waals surface area (Å²) in [6, 6.07) is 3.34. The normalized spacial score (nSPS) is 18.2. The molecule has 2 rings (SSSR count). The van der Waals surface area contributed by atoms with Crippen LogP contribution in [0.3, 0.4) is 0 Å². The Morgan fingerprint density at radius 3 is 2.71 bits per heavy atom. The Balaban J connectivity index is 2.36. The molecule has 0 bridgehead atoms. The van der Waals surface area contributed by atoms with E-state index in [1.807, 2.05) is 0 Å². The molecule has 1 unspecified atom stereocenters. The largest absolute Gasteiger partial charge is 0.507 e. The summed E-state index contributed by atoms with van der Waals surface area (Å²) in [7, 11) is 0. The monoisotopic (exact) mass is 275 g/mol. The number of benzene rings is 1. The number of phenolic OH excluding ortho intramolecular Hbond substituents is 1. The Kier molecular flexibility index (Phi) is 2.73. The molecule has 0 heterocycles. The van der Waals surface area contributed by atoms with Crippen molar-refractivity contribution in [3.63, 3.8) is 0 Å². The first-order chi connectivity index (χ1) is 6.59. The number of aromatic hydroxyl groups is 1. The van der Waals surface area contributed by atoms with E-state index in [0.717, 1.165) is 5.56 Å². The molecule has 1 aromatic carbocycles. The van der Waals surface area contributed by atoms with E-state index < -0.39 is 0 Å². The molecule has 2 nitrogen and oxygen atoms in total. The van der Waals surface area contributed by atoms with Crippen molar-refractivity contribution < 1.29 is 5.11 Å². The first-order valence-electron chi connectivity index (χ1n) is 4.53. The summed E-state index contributed by atoms with van der Waals surface area (Å²) < 4.78 is 0.646. The van der Waals surface area contributed by atoms with Gasteiger partial charge in [-0.25, -0.2) is 0 Å². The van der Waals surface area contributed by atoms with Gasteiger partial charge in [0.15, 0.2) is 0 Å².